The van der Waals surface area contributed by atoms with Gasteiger partial charge < -0.3 is 4.84 Å². The second-order valence-corrected chi connectivity index (χ2v) is 5.65. The number of benzene rings is 2. The molecule has 0 N–H and O–H groups in total. The molecule has 2 aromatic rings. The summed E-state index contributed by atoms with van der Waals surface area (Å²) in [4.78, 5) is 42.1. The molecule has 0 saturated carbocycles. The molecule has 0 spiro atoms. The van der Waals surface area contributed by atoms with Gasteiger partial charge in [-0.2, -0.15) is 0 Å². The SMILES string of the molecule is O=C(ON1C(=O)c2ccccc2C1=O)C1CCc2ccccc21. The maximum Gasteiger partial charge on any atom is 0.340 e. The monoisotopic (exact) mass is 307 g/mol. The molecule has 1 aliphatic heterocycles. The highest BCUT2D eigenvalue weighted by atomic mass is 16.7. The third-order valence-corrected chi connectivity index (χ3v) is 4.36. The van der Waals surface area contributed by atoms with Crippen LogP contribution >= 0.6 is 0 Å². The summed E-state index contributed by atoms with van der Waals surface area (Å²) in [7, 11) is 0. The lowest BCUT2D eigenvalue weighted by atomic mass is 10.0. The van der Waals surface area contributed by atoms with Crippen LogP contribution in [0, 0.1) is 0 Å². The fraction of sp³-hybridized carbons (Fsp3) is 0.167. The number of fused-ring (bicyclic) bond motifs is 2. The molecule has 1 aliphatic carbocycles. The van der Waals surface area contributed by atoms with Crippen molar-refractivity contribution in [3.05, 3.63) is 70.8 Å². The molecule has 5 heteroatoms. The van der Waals surface area contributed by atoms with Crippen LogP contribution in [0.3, 0.4) is 0 Å². The summed E-state index contributed by atoms with van der Waals surface area (Å²) in [6.45, 7) is 0. The van der Waals surface area contributed by atoms with Gasteiger partial charge >= 0.3 is 5.97 Å². The van der Waals surface area contributed by atoms with Crippen LogP contribution in [0.25, 0.3) is 0 Å². The summed E-state index contributed by atoms with van der Waals surface area (Å²) in [5.74, 6) is -2.18. The van der Waals surface area contributed by atoms with Crippen LogP contribution < -0.4 is 0 Å². The maximum atomic E-state index is 12.4. The Bertz CT molecular complexity index is 807. The molecule has 23 heavy (non-hydrogen) atoms. The number of carbonyl (C=O) groups is 3. The minimum Gasteiger partial charge on any atom is -0.329 e. The van der Waals surface area contributed by atoms with Crippen LogP contribution in [-0.4, -0.2) is 22.8 Å². The Morgan fingerprint density at radius 3 is 2.26 bits per heavy atom. The first-order valence-electron chi connectivity index (χ1n) is 7.44. The molecule has 0 radical (unpaired) electrons. The van der Waals surface area contributed by atoms with Gasteiger partial charge in [0.25, 0.3) is 11.8 Å². The Balaban J connectivity index is 1.57. The van der Waals surface area contributed by atoms with Crippen LogP contribution in [0.4, 0.5) is 0 Å². The highest BCUT2D eigenvalue weighted by molar-refractivity contribution is 6.20. The average molecular weight is 307 g/mol. The molecule has 2 aromatic carbocycles. The van der Waals surface area contributed by atoms with Crippen LogP contribution in [0.1, 0.15) is 44.2 Å². The van der Waals surface area contributed by atoms with Gasteiger partial charge in [0, 0.05) is 0 Å². The van der Waals surface area contributed by atoms with Crippen molar-refractivity contribution in [2.75, 3.05) is 0 Å². The van der Waals surface area contributed by atoms with Crippen molar-refractivity contribution in [1.29, 1.82) is 0 Å². The third kappa shape index (κ3) is 2.04. The first-order valence-corrected chi connectivity index (χ1v) is 7.44. The molecule has 2 amide bonds. The summed E-state index contributed by atoms with van der Waals surface area (Å²) >= 11 is 0. The van der Waals surface area contributed by atoms with Crippen LogP contribution in [-0.2, 0) is 16.1 Å². The smallest absolute Gasteiger partial charge is 0.329 e. The fourth-order valence-corrected chi connectivity index (χ4v) is 3.21. The summed E-state index contributed by atoms with van der Waals surface area (Å²) in [6, 6.07) is 14.1. The van der Waals surface area contributed by atoms with Crippen molar-refractivity contribution in [2.45, 2.75) is 18.8 Å². The number of hydroxylamine groups is 2. The summed E-state index contributed by atoms with van der Waals surface area (Å²) in [5, 5.41) is 0.577. The normalized spacial score (nSPS) is 18.8. The van der Waals surface area contributed by atoms with E-state index in [2.05, 4.69) is 0 Å². The second-order valence-electron chi connectivity index (χ2n) is 5.65. The van der Waals surface area contributed by atoms with Crippen molar-refractivity contribution in [3.63, 3.8) is 0 Å². The molecule has 0 fully saturated rings. The molecule has 0 bridgehead atoms. The molecule has 114 valence electrons. The average Bonchev–Trinajstić information content (AvgIpc) is 3.11. The van der Waals surface area contributed by atoms with Crippen LogP contribution in [0.2, 0.25) is 0 Å². The number of hydrogen-bond donors (Lipinski definition) is 0. The number of nitrogens with zero attached hydrogens (tertiary/aromatic N) is 1. The van der Waals surface area contributed by atoms with Crippen molar-refractivity contribution < 1.29 is 19.2 Å². The molecule has 2 aliphatic rings. The van der Waals surface area contributed by atoms with Gasteiger partial charge in [0.05, 0.1) is 17.0 Å². The zero-order chi connectivity index (χ0) is 16.0. The van der Waals surface area contributed by atoms with E-state index in [0.29, 0.717) is 11.5 Å². The molecule has 4 rings (SSSR count). The lowest BCUT2D eigenvalue weighted by Crippen LogP contribution is -2.34. The maximum absolute atomic E-state index is 12.4. The zero-order valence-corrected chi connectivity index (χ0v) is 12.2. The predicted molar refractivity (Wildman–Crippen MR) is 80.5 cm³/mol. The number of hydrogen-bond acceptors (Lipinski definition) is 4. The molecule has 5 nitrogen and oxygen atoms in total. The van der Waals surface area contributed by atoms with Crippen LogP contribution in [0.5, 0.6) is 0 Å². The van der Waals surface area contributed by atoms with E-state index in [0.717, 1.165) is 17.5 Å². The topological polar surface area (TPSA) is 63.7 Å². The highest BCUT2D eigenvalue weighted by Crippen LogP contribution is 2.34. The number of amides is 2. The Kier molecular flexibility index (Phi) is 3.01. The lowest BCUT2D eigenvalue weighted by molar-refractivity contribution is -0.170. The summed E-state index contributed by atoms with van der Waals surface area (Å²) < 4.78 is 0. The molecule has 1 heterocycles. The van der Waals surface area contributed by atoms with Gasteiger partial charge in [-0.3, -0.25) is 9.59 Å². The number of rotatable bonds is 2. The van der Waals surface area contributed by atoms with Gasteiger partial charge in [0.15, 0.2) is 0 Å². The van der Waals surface area contributed by atoms with Crippen molar-refractivity contribution >= 4 is 17.8 Å². The minimum atomic E-state index is -0.592. The summed E-state index contributed by atoms with van der Waals surface area (Å²) in [6.07, 6.45) is 1.42. The zero-order valence-electron chi connectivity index (χ0n) is 12.2. The quantitative estimate of drug-likeness (QED) is 0.800. The second kappa shape index (κ2) is 5.05. The standard InChI is InChI=1S/C18H13NO4/c20-16-13-7-3-4-8-14(13)17(21)19(16)23-18(22)15-10-9-11-5-1-2-6-12(11)15/h1-8,15H,9-10H2. The predicted octanol–water partition coefficient (Wildman–Crippen LogP) is 2.47. The van der Waals surface area contributed by atoms with E-state index in [1.165, 1.54) is 0 Å². The van der Waals surface area contributed by atoms with E-state index >= 15 is 0 Å². The Morgan fingerprint density at radius 2 is 1.57 bits per heavy atom. The minimum absolute atomic E-state index is 0.261. The Hall–Kier alpha value is -2.95. The Labute approximate surface area is 132 Å². The van der Waals surface area contributed by atoms with E-state index in [1.807, 2.05) is 24.3 Å². The van der Waals surface area contributed by atoms with Crippen LogP contribution in [0.15, 0.2) is 48.5 Å². The third-order valence-electron chi connectivity index (χ3n) is 4.36. The summed E-state index contributed by atoms with van der Waals surface area (Å²) in [5.41, 5.74) is 2.54. The first-order chi connectivity index (χ1) is 11.2. The van der Waals surface area contributed by atoms with E-state index in [-0.39, 0.29) is 11.1 Å². The van der Waals surface area contributed by atoms with Gasteiger partial charge in [0.2, 0.25) is 0 Å². The number of aryl methyl sites for hydroxylation is 1. The lowest BCUT2D eigenvalue weighted by Gasteiger charge is -2.16. The molecular weight excluding hydrogens is 294 g/mol. The van der Waals surface area contributed by atoms with Gasteiger partial charge in [0.1, 0.15) is 0 Å². The van der Waals surface area contributed by atoms with Gasteiger partial charge in [-0.05, 0) is 36.1 Å². The molecule has 0 aromatic heterocycles. The highest BCUT2D eigenvalue weighted by Gasteiger charge is 2.40. The van der Waals surface area contributed by atoms with Crippen molar-refractivity contribution in [2.24, 2.45) is 0 Å². The molecular formula is C18H13NO4. The number of imide groups is 1. The van der Waals surface area contributed by atoms with Gasteiger partial charge in [-0.15, -0.1) is 0 Å². The molecule has 1 atom stereocenters. The number of carbonyl (C=O) groups excluding carboxylic acids is 3. The molecule has 0 saturated heterocycles. The largest absolute Gasteiger partial charge is 0.340 e. The Morgan fingerprint density at radius 1 is 0.957 bits per heavy atom. The fourth-order valence-electron chi connectivity index (χ4n) is 3.21. The van der Waals surface area contributed by atoms with E-state index < -0.39 is 23.7 Å². The van der Waals surface area contributed by atoms with E-state index in [9.17, 15) is 14.4 Å². The van der Waals surface area contributed by atoms with E-state index in [4.69, 9.17) is 4.84 Å². The first kappa shape index (κ1) is 13.7. The molecule has 1 unspecified atom stereocenters. The van der Waals surface area contributed by atoms with E-state index in [1.54, 1.807) is 24.3 Å². The van der Waals surface area contributed by atoms with Crippen molar-refractivity contribution in [3.8, 4) is 0 Å². The van der Waals surface area contributed by atoms with Gasteiger partial charge in [-0.25, -0.2) is 4.79 Å². The van der Waals surface area contributed by atoms with Crippen molar-refractivity contribution in [1.82, 2.24) is 5.06 Å². The van der Waals surface area contributed by atoms with Gasteiger partial charge in [-0.1, -0.05) is 41.5 Å².